The van der Waals surface area contributed by atoms with Crippen molar-refractivity contribution in [3.63, 3.8) is 0 Å². The zero-order chi connectivity index (χ0) is 23.3. The quantitative estimate of drug-likeness (QED) is 0.322. The summed E-state index contributed by atoms with van der Waals surface area (Å²) >= 11 is 3.23. The maximum absolute atomic E-state index is 12.6. The normalized spacial score (nSPS) is 12.7. The number of amides is 1. The van der Waals surface area contributed by atoms with Gasteiger partial charge in [-0.3, -0.25) is 9.59 Å². The molecule has 3 aromatic heterocycles. The Bertz CT molecular complexity index is 1350. The van der Waals surface area contributed by atoms with Gasteiger partial charge in [-0.2, -0.15) is 11.8 Å². The second-order valence-corrected chi connectivity index (χ2v) is 10.2. The topological polar surface area (TPSA) is 102 Å². The zero-order valence-electron chi connectivity index (χ0n) is 18.6. The maximum Gasteiger partial charge on any atom is 0.259 e. The number of carbonyl (C=O) groups excluding carboxylic acids is 1. The van der Waals surface area contributed by atoms with Gasteiger partial charge in [0.2, 0.25) is 5.91 Å². The summed E-state index contributed by atoms with van der Waals surface area (Å²) in [7, 11) is 0. The third-order valence-electron chi connectivity index (χ3n) is 5.66. The molecular weight excluding hydrogens is 470 g/mol. The summed E-state index contributed by atoms with van der Waals surface area (Å²) in [6, 6.07) is 7.42. The number of thioether (sulfide) groups is 1. The SMILES string of the molecule is O=C(CCSCc1nc2sc3c(c2c(=O)[nH]1)CCC3)Nc1ccccc1OCCn1ccnc1. The Balaban J connectivity index is 1.10. The van der Waals surface area contributed by atoms with Crippen molar-refractivity contribution < 1.29 is 9.53 Å². The predicted octanol–water partition coefficient (Wildman–Crippen LogP) is 4.01. The molecule has 10 heteroatoms. The molecule has 0 spiro atoms. The number of nitrogens with zero attached hydrogens (tertiary/aromatic N) is 3. The van der Waals surface area contributed by atoms with Crippen LogP contribution >= 0.6 is 23.1 Å². The van der Waals surface area contributed by atoms with Crippen molar-refractivity contribution in [1.82, 2.24) is 19.5 Å². The highest BCUT2D eigenvalue weighted by Gasteiger charge is 2.21. The number of imidazole rings is 1. The highest BCUT2D eigenvalue weighted by atomic mass is 32.2. The number of nitrogens with one attached hydrogen (secondary N) is 2. The van der Waals surface area contributed by atoms with Crippen LogP contribution in [0.1, 0.15) is 29.1 Å². The van der Waals surface area contributed by atoms with Gasteiger partial charge < -0.3 is 19.6 Å². The van der Waals surface area contributed by atoms with Crippen molar-refractivity contribution in [2.45, 2.75) is 38.0 Å². The van der Waals surface area contributed by atoms with E-state index in [9.17, 15) is 9.59 Å². The Hall–Kier alpha value is -3.11. The Morgan fingerprint density at radius 2 is 2.21 bits per heavy atom. The van der Waals surface area contributed by atoms with E-state index < -0.39 is 0 Å². The second-order valence-electron chi connectivity index (χ2n) is 8.05. The molecule has 0 atom stereocenters. The molecule has 2 N–H and O–H groups in total. The van der Waals surface area contributed by atoms with Gasteiger partial charge in [0.1, 0.15) is 23.0 Å². The van der Waals surface area contributed by atoms with Gasteiger partial charge in [0.05, 0.1) is 29.7 Å². The van der Waals surface area contributed by atoms with Crippen LogP contribution in [0.3, 0.4) is 0 Å². The molecule has 34 heavy (non-hydrogen) atoms. The third-order valence-corrected chi connectivity index (χ3v) is 7.82. The Kier molecular flexibility index (Phi) is 6.96. The standard InChI is InChI=1S/C24H25N5O3S2/c30-21(26-17-5-1-2-6-18(17)32-12-11-29-10-9-25-15-29)8-13-33-14-20-27-23(31)22-16-4-3-7-19(16)34-24(22)28-20/h1-2,5-6,9-10,15H,3-4,7-8,11-14H2,(H,26,30)(H,27,28,31). The van der Waals surface area contributed by atoms with Crippen LogP contribution in [0.2, 0.25) is 0 Å². The fourth-order valence-corrected chi connectivity index (χ4v) is 6.12. The summed E-state index contributed by atoms with van der Waals surface area (Å²) in [4.78, 5) is 38.8. The first-order valence-corrected chi connectivity index (χ1v) is 13.2. The number of fused-ring (bicyclic) bond motifs is 3. The van der Waals surface area contributed by atoms with E-state index in [2.05, 4.69) is 20.3 Å². The number of hydrogen-bond acceptors (Lipinski definition) is 7. The summed E-state index contributed by atoms with van der Waals surface area (Å²) in [5, 5.41) is 3.71. The Labute approximate surface area is 204 Å². The molecule has 0 radical (unpaired) electrons. The summed E-state index contributed by atoms with van der Waals surface area (Å²) in [6.07, 6.45) is 8.85. The van der Waals surface area contributed by atoms with Crippen LogP contribution in [-0.4, -0.2) is 37.8 Å². The van der Waals surface area contributed by atoms with E-state index in [1.54, 1.807) is 35.6 Å². The van der Waals surface area contributed by atoms with Gasteiger partial charge in [-0.15, -0.1) is 11.3 Å². The number of aryl methyl sites for hydroxylation is 2. The predicted molar refractivity (Wildman–Crippen MR) is 136 cm³/mol. The van der Waals surface area contributed by atoms with Gasteiger partial charge in [-0.1, -0.05) is 12.1 Å². The number of benzene rings is 1. The van der Waals surface area contributed by atoms with Gasteiger partial charge in [0, 0.05) is 29.4 Å². The molecule has 1 amide bonds. The molecule has 0 saturated heterocycles. The molecule has 4 aromatic rings. The minimum absolute atomic E-state index is 0.0395. The molecular formula is C24H25N5O3S2. The number of aromatic amines is 1. The molecule has 0 bridgehead atoms. The molecule has 176 valence electrons. The maximum atomic E-state index is 12.6. The second kappa shape index (κ2) is 10.4. The van der Waals surface area contributed by atoms with Crippen LogP contribution < -0.4 is 15.6 Å². The van der Waals surface area contributed by atoms with E-state index in [1.807, 2.05) is 35.0 Å². The van der Waals surface area contributed by atoms with Gasteiger partial charge in [0.25, 0.3) is 5.56 Å². The number of rotatable bonds is 10. The Morgan fingerprint density at radius 1 is 1.29 bits per heavy atom. The van der Waals surface area contributed by atoms with Crippen LogP contribution in [0.5, 0.6) is 5.75 Å². The van der Waals surface area contributed by atoms with E-state index >= 15 is 0 Å². The van der Waals surface area contributed by atoms with E-state index in [1.165, 1.54) is 10.4 Å². The summed E-state index contributed by atoms with van der Waals surface area (Å²) < 4.78 is 7.79. The molecule has 0 aliphatic heterocycles. The van der Waals surface area contributed by atoms with Crippen molar-refractivity contribution in [2.75, 3.05) is 17.7 Å². The fraction of sp³-hybridized carbons (Fsp3) is 0.333. The lowest BCUT2D eigenvalue weighted by atomic mass is 10.2. The minimum Gasteiger partial charge on any atom is -0.490 e. The first-order valence-electron chi connectivity index (χ1n) is 11.3. The molecule has 8 nitrogen and oxygen atoms in total. The lowest BCUT2D eigenvalue weighted by Gasteiger charge is -2.12. The largest absolute Gasteiger partial charge is 0.490 e. The van der Waals surface area contributed by atoms with Gasteiger partial charge in [-0.05, 0) is 37.0 Å². The lowest BCUT2D eigenvalue weighted by molar-refractivity contribution is -0.115. The minimum atomic E-state index is -0.0789. The fourth-order valence-electron chi connectivity index (χ4n) is 4.04. The molecule has 1 aliphatic rings. The van der Waals surface area contributed by atoms with Crippen molar-refractivity contribution >= 4 is 44.9 Å². The number of para-hydroxylation sites is 2. The highest BCUT2D eigenvalue weighted by Crippen LogP contribution is 2.34. The first kappa shape index (κ1) is 22.7. The van der Waals surface area contributed by atoms with Crippen LogP contribution in [0.4, 0.5) is 5.69 Å². The molecule has 0 saturated carbocycles. The van der Waals surface area contributed by atoms with Crippen molar-refractivity contribution in [1.29, 1.82) is 0 Å². The lowest BCUT2D eigenvalue weighted by Crippen LogP contribution is -2.14. The molecule has 0 fully saturated rings. The summed E-state index contributed by atoms with van der Waals surface area (Å²) in [6.45, 7) is 1.15. The van der Waals surface area contributed by atoms with E-state index in [4.69, 9.17) is 4.74 Å². The van der Waals surface area contributed by atoms with Gasteiger partial charge in [0.15, 0.2) is 0 Å². The van der Waals surface area contributed by atoms with Gasteiger partial charge in [-0.25, -0.2) is 9.97 Å². The summed E-state index contributed by atoms with van der Waals surface area (Å²) in [5.41, 5.74) is 1.81. The number of hydrogen-bond donors (Lipinski definition) is 2. The molecule has 5 rings (SSSR count). The zero-order valence-corrected chi connectivity index (χ0v) is 20.2. The Morgan fingerprint density at radius 3 is 3.09 bits per heavy atom. The third kappa shape index (κ3) is 5.18. The van der Waals surface area contributed by atoms with Crippen molar-refractivity contribution in [3.05, 3.63) is 69.6 Å². The van der Waals surface area contributed by atoms with E-state index in [0.717, 1.165) is 29.5 Å². The van der Waals surface area contributed by atoms with E-state index in [-0.39, 0.29) is 11.5 Å². The summed E-state index contributed by atoms with van der Waals surface area (Å²) in [5.74, 6) is 2.42. The monoisotopic (exact) mass is 495 g/mol. The highest BCUT2D eigenvalue weighted by molar-refractivity contribution is 7.98. The van der Waals surface area contributed by atoms with Crippen molar-refractivity contribution in [3.8, 4) is 5.75 Å². The number of aromatic nitrogens is 4. The average Bonchev–Trinajstić information content (AvgIpc) is 3.56. The molecule has 1 aromatic carbocycles. The van der Waals surface area contributed by atoms with Gasteiger partial charge >= 0.3 is 0 Å². The van der Waals surface area contributed by atoms with Crippen LogP contribution in [0.15, 0.2) is 47.8 Å². The first-order chi connectivity index (χ1) is 16.7. The van der Waals surface area contributed by atoms with Crippen LogP contribution in [0.25, 0.3) is 10.2 Å². The molecule has 3 heterocycles. The van der Waals surface area contributed by atoms with Crippen LogP contribution in [-0.2, 0) is 29.9 Å². The number of thiophene rings is 1. The van der Waals surface area contributed by atoms with E-state index in [0.29, 0.717) is 48.3 Å². The number of H-pyrrole nitrogens is 1. The smallest absolute Gasteiger partial charge is 0.259 e. The number of ether oxygens (including phenoxy) is 1. The number of anilines is 1. The number of carbonyl (C=O) groups is 1. The molecule has 1 aliphatic carbocycles. The van der Waals surface area contributed by atoms with Crippen molar-refractivity contribution in [2.24, 2.45) is 0 Å². The molecule has 0 unspecified atom stereocenters. The average molecular weight is 496 g/mol. The van der Waals surface area contributed by atoms with Crippen LogP contribution in [0, 0.1) is 0 Å².